The number of carbonyl (C=O) groups excluding carboxylic acids is 1. The van der Waals surface area contributed by atoms with Gasteiger partial charge in [0.25, 0.3) is 5.91 Å². The summed E-state index contributed by atoms with van der Waals surface area (Å²) in [6.45, 7) is 0. The number of nitrogens with one attached hydrogen (secondary N) is 2. The van der Waals surface area contributed by atoms with Crippen LogP contribution < -0.4 is 5.32 Å². The molecule has 2 aliphatic rings. The predicted octanol–water partition coefficient (Wildman–Crippen LogP) is 2.08. The lowest BCUT2D eigenvalue weighted by Crippen LogP contribution is -2.31. The summed E-state index contributed by atoms with van der Waals surface area (Å²) >= 11 is 0. The average Bonchev–Trinajstić information content (AvgIpc) is 3.01. The van der Waals surface area contributed by atoms with Gasteiger partial charge in [-0.25, -0.2) is 4.98 Å². The molecule has 1 atom stereocenters. The number of hydrogen-bond donors (Lipinski definition) is 2. The summed E-state index contributed by atoms with van der Waals surface area (Å²) in [5.74, 6) is 2.31. The number of hydrogen-bond acceptors (Lipinski definition) is 4. The highest BCUT2D eigenvalue weighted by Gasteiger charge is 2.29. The molecule has 2 aromatic heterocycles. The lowest BCUT2D eigenvalue weighted by Gasteiger charge is -2.21. The Kier molecular flexibility index (Phi) is 2.61. The van der Waals surface area contributed by atoms with E-state index in [0.717, 1.165) is 49.3 Å². The molecule has 2 heterocycles. The Balaban J connectivity index is 1.50. The minimum absolute atomic E-state index is 0.00729. The van der Waals surface area contributed by atoms with E-state index in [9.17, 15) is 4.79 Å². The third-order valence-corrected chi connectivity index (χ3v) is 4.03. The van der Waals surface area contributed by atoms with Gasteiger partial charge in [0, 0.05) is 17.9 Å². The number of aryl methyl sites for hydroxylation is 1. The molecule has 0 aliphatic heterocycles. The van der Waals surface area contributed by atoms with Gasteiger partial charge in [-0.1, -0.05) is 0 Å². The van der Waals surface area contributed by atoms with Gasteiger partial charge in [0.05, 0.1) is 12.3 Å². The summed E-state index contributed by atoms with van der Waals surface area (Å²) in [6.07, 6.45) is 6.85. The van der Waals surface area contributed by atoms with Crippen molar-refractivity contribution in [1.29, 1.82) is 0 Å². The lowest BCUT2D eigenvalue weighted by molar-refractivity contribution is 0.0922. The standard InChI is InChI=1S/C14H16N4O2/c19-14(13-16-12(17-18-13)8-4-5-8)15-10-2-1-3-11-9(10)6-7-20-11/h6-8,10H,1-5H2,(H,15,19)(H,16,17,18). The minimum atomic E-state index is -0.216. The van der Waals surface area contributed by atoms with Crippen molar-refractivity contribution < 1.29 is 9.21 Å². The van der Waals surface area contributed by atoms with Crippen LogP contribution in [0.15, 0.2) is 16.7 Å². The van der Waals surface area contributed by atoms with Crippen LogP contribution in [0.4, 0.5) is 0 Å². The maximum absolute atomic E-state index is 12.2. The molecule has 2 aromatic rings. The number of carbonyl (C=O) groups is 1. The highest BCUT2D eigenvalue weighted by atomic mass is 16.3. The van der Waals surface area contributed by atoms with E-state index in [1.807, 2.05) is 6.07 Å². The number of amides is 1. The molecule has 0 radical (unpaired) electrons. The Hall–Kier alpha value is -2.11. The summed E-state index contributed by atoms with van der Waals surface area (Å²) in [4.78, 5) is 16.5. The Labute approximate surface area is 116 Å². The zero-order valence-electron chi connectivity index (χ0n) is 11.1. The van der Waals surface area contributed by atoms with Gasteiger partial charge in [-0.05, 0) is 31.7 Å². The first-order valence-corrected chi connectivity index (χ1v) is 7.10. The molecule has 0 bridgehead atoms. The van der Waals surface area contributed by atoms with Crippen LogP contribution in [-0.2, 0) is 6.42 Å². The largest absolute Gasteiger partial charge is 0.469 e. The van der Waals surface area contributed by atoms with Crippen molar-refractivity contribution in [3.8, 4) is 0 Å². The molecule has 20 heavy (non-hydrogen) atoms. The van der Waals surface area contributed by atoms with Crippen molar-refractivity contribution in [2.24, 2.45) is 0 Å². The van der Waals surface area contributed by atoms with Crippen molar-refractivity contribution in [3.05, 3.63) is 35.3 Å². The van der Waals surface area contributed by atoms with Crippen LogP contribution in [0.25, 0.3) is 0 Å². The van der Waals surface area contributed by atoms with Crippen LogP contribution in [0.5, 0.6) is 0 Å². The lowest BCUT2D eigenvalue weighted by atomic mass is 9.93. The molecule has 1 fully saturated rings. The van der Waals surface area contributed by atoms with E-state index in [1.165, 1.54) is 0 Å². The number of H-pyrrole nitrogens is 1. The van der Waals surface area contributed by atoms with Gasteiger partial charge in [-0.15, -0.1) is 5.10 Å². The molecular formula is C14H16N4O2. The smallest absolute Gasteiger partial charge is 0.291 e. The van der Waals surface area contributed by atoms with E-state index < -0.39 is 0 Å². The molecule has 6 nitrogen and oxygen atoms in total. The van der Waals surface area contributed by atoms with Crippen molar-refractivity contribution in [2.75, 3.05) is 0 Å². The van der Waals surface area contributed by atoms with Crippen LogP contribution in [0.2, 0.25) is 0 Å². The molecule has 4 rings (SSSR count). The van der Waals surface area contributed by atoms with Crippen LogP contribution >= 0.6 is 0 Å². The van der Waals surface area contributed by atoms with Gasteiger partial charge in [-0.3, -0.25) is 9.89 Å². The van der Waals surface area contributed by atoms with E-state index in [1.54, 1.807) is 6.26 Å². The fourth-order valence-electron chi connectivity index (χ4n) is 2.77. The second kappa shape index (κ2) is 4.47. The number of rotatable bonds is 3. The van der Waals surface area contributed by atoms with Crippen molar-refractivity contribution >= 4 is 5.91 Å². The zero-order chi connectivity index (χ0) is 13.5. The predicted molar refractivity (Wildman–Crippen MR) is 70.2 cm³/mol. The number of nitrogens with zero attached hydrogens (tertiary/aromatic N) is 2. The fraction of sp³-hybridized carbons (Fsp3) is 0.500. The fourth-order valence-corrected chi connectivity index (χ4v) is 2.77. The maximum atomic E-state index is 12.2. The SMILES string of the molecule is O=C(NC1CCCc2occc21)c1n[nH]c(C2CC2)n1. The molecular weight excluding hydrogens is 256 g/mol. The summed E-state index contributed by atoms with van der Waals surface area (Å²) in [7, 11) is 0. The van der Waals surface area contributed by atoms with Gasteiger partial charge in [-0.2, -0.15) is 0 Å². The molecule has 0 aromatic carbocycles. The van der Waals surface area contributed by atoms with Crippen LogP contribution in [0.1, 0.15) is 65.4 Å². The average molecular weight is 272 g/mol. The van der Waals surface area contributed by atoms with E-state index in [0.29, 0.717) is 5.92 Å². The first-order valence-electron chi connectivity index (χ1n) is 7.10. The first kappa shape index (κ1) is 11.7. The van der Waals surface area contributed by atoms with Crippen molar-refractivity contribution in [3.63, 3.8) is 0 Å². The van der Waals surface area contributed by atoms with E-state index in [4.69, 9.17) is 4.42 Å². The summed E-state index contributed by atoms with van der Waals surface area (Å²) < 4.78 is 5.43. The molecule has 6 heteroatoms. The van der Waals surface area contributed by atoms with Crippen LogP contribution in [0, 0.1) is 0 Å². The van der Waals surface area contributed by atoms with E-state index in [2.05, 4.69) is 20.5 Å². The normalized spacial score (nSPS) is 21.5. The number of fused-ring (bicyclic) bond motifs is 1. The second-order valence-electron chi connectivity index (χ2n) is 5.54. The maximum Gasteiger partial charge on any atom is 0.291 e. The topological polar surface area (TPSA) is 83.8 Å². The first-order chi connectivity index (χ1) is 9.81. The van der Waals surface area contributed by atoms with E-state index in [-0.39, 0.29) is 17.8 Å². The monoisotopic (exact) mass is 272 g/mol. The van der Waals surface area contributed by atoms with Crippen molar-refractivity contribution in [2.45, 2.75) is 44.1 Å². The minimum Gasteiger partial charge on any atom is -0.469 e. The Bertz CT molecular complexity index is 641. The highest BCUT2D eigenvalue weighted by Crippen LogP contribution is 2.37. The Morgan fingerprint density at radius 1 is 1.40 bits per heavy atom. The zero-order valence-corrected chi connectivity index (χ0v) is 11.1. The van der Waals surface area contributed by atoms with Crippen LogP contribution in [0.3, 0.4) is 0 Å². The number of furan rings is 1. The van der Waals surface area contributed by atoms with Gasteiger partial charge >= 0.3 is 0 Å². The summed E-state index contributed by atoms with van der Waals surface area (Å²) in [5.41, 5.74) is 1.09. The summed E-state index contributed by atoms with van der Waals surface area (Å²) in [5, 5.41) is 9.88. The number of aromatic nitrogens is 3. The third-order valence-electron chi connectivity index (χ3n) is 4.03. The van der Waals surface area contributed by atoms with Crippen molar-refractivity contribution in [1.82, 2.24) is 20.5 Å². The van der Waals surface area contributed by atoms with Gasteiger partial charge in [0.1, 0.15) is 11.6 Å². The molecule has 2 aliphatic carbocycles. The van der Waals surface area contributed by atoms with Gasteiger partial charge in [0.15, 0.2) is 0 Å². The van der Waals surface area contributed by atoms with Gasteiger partial charge < -0.3 is 9.73 Å². The molecule has 2 N–H and O–H groups in total. The van der Waals surface area contributed by atoms with Crippen LogP contribution in [-0.4, -0.2) is 21.1 Å². The molecule has 1 saturated carbocycles. The Morgan fingerprint density at radius 3 is 3.15 bits per heavy atom. The molecule has 0 saturated heterocycles. The number of aromatic amines is 1. The highest BCUT2D eigenvalue weighted by molar-refractivity contribution is 5.90. The second-order valence-corrected chi connectivity index (χ2v) is 5.54. The molecule has 1 unspecified atom stereocenters. The molecule has 104 valence electrons. The molecule has 0 spiro atoms. The third kappa shape index (κ3) is 2.01. The van der Waals surface area contributed by atoms with E-state index >= 15 is 0 Å². The summed E-state index contributed by atoms with van der Waals surface area (Å²) in [6, 6.07) is 1.94. The quantitative estimate of drug-likeness (QED) is 0.896. The van der Waals surface area contributed by atoms with Gasteiger partial charge in [0.2, 0.25) is 5.82 Å². The Morgan fingerprint density at radius 2 is 2.30 bits per heavy atom. The molecule has 1 amide bonds.